The normalized spacial score (nSPS) is 15.0. The fourth-order valence-corrected chi connectivity index (χ4v) is 3.95. The van der Waals surface area contributed by atoms with Gasteiger partial charge in [-0.1, -0.05) is 42.1 Å². The topological polar surface area (TPSA) is 71.8 Å². The van der Waals surface area contributed by atoms with E-state index in [0.717, 1.165) is 22.3 Å². The van der Waals surface area contributed by atoms with Crippen LogP contribution in [-0.2, 0) is 4.79 Å². The van der Waals surface area contributed by atoms with E-state index in [4.69, 9.17) is 21.4 Å². The quantitative estimate of drug-likeness (QED) is 0.469. The molecule has 2 amide bonds. The molecule has 0 spiro atoms. The van der Waals surface area contributed by atoms with Crippen LogP contribution in [0.15, 0.2) is 76.1 Å². The van der Waals surface area contributed by atoms with Crippen LogP contribution >= 0.6 is 24.0 Å². The molecule has 1 N–H and O–H groups in total. The molecule has 1 aromatic heterocycles. The second-order valence-electron chi connectivity index (χ2n) is 6.25. The van der Waals surface area contributed by atoms with Gasteiger partial charge in [0.1, 0.15) is 17.3 Å². The maximum atomic E-state index is 12.7. The Hall–Kier alpha value is -3.36. The van der Waals surface area contributed by atoms with Crippen molar-refractivity contribution in [3.8, 4) is 17.1 Å². The van der Waals surface area contributed by atoms with Crippen LogP contribution in [0.4, 0.5) is 0 Å². The first kappa shape index (κ1) is 19.9. The molecule has 8 heteroatoms. The summed E-state index contributed by atoms with van der Waals surface area (Å²) in [5.74, 6) is 0.999. The summed E-state index contributed by atoms with van der Waals surface area (Å²) in [4.78, 5) is 25.6. The van der Waals surface area contributed by atoms with Crippen LogP contribution in [0.5, 0.6) is 5.75 Å². The van der Waals surface area contributed by atoms with E-state index in [1.54, 1.807) is 43.5 Å². The molecule has 150 valence electrons. The fraction of sp³-hybridized carbons (Fsp3) is 0.0455. The second kappa shape index (κ2) is 8.56. The van der Waals surface area contributed by atoms with E-state index >= 15 is 0 Å². The highest BCUT2D eigenvalue weighted by Crippen LogP contribution is 2.32. The van der Waals surface area contributed by atoms with Crippen molar-refractivity contribution < 1.29 is 18.7 Å². The zero-order chi connectivity index (χ0) is 21.1. The lowest BCUT2D eigenvalue weighted by molar-refractivity contribution is -0.123. The highest BCUT2D eigenvalue weighted by atomic mass is 32.2. The van der Waals surface area contributed by atoms with E-state index in [2.05, 4.69) is 5.43 Å². The number of hydrazine groups is 1. The third-order valence-corrected chi connectivity index (χ3v) is 5.62. The fourth-order valence-electron chi connectivity index (χ4n) is 2.79. The molecule has 0 radical (unpaired) electrons. The van der Waals surface area contributed by atoms with Crippen molar-refractivity contribution >= 4 is 46.2 Å². The lowest BCUT2D eigenvalue weighted by Gasteiger charge is -2.15. The van der Waals surface area contributed by atoms with Gasteiger partial charge >= 0.3 is 0 Å². The molecule has 1 aliphatic rings. The van der Waals surface area contributed by atoms with E-state index in [1.165, 1.54) is 0 Å². The van der Waals surface area contributed by atoms with Gasteiger partial charge in [0, 0.05) is 17.2 Å². The van der Waals surface area contributed by atoms with Crippen molar-refractivity contribution in [1.29, 1.82) is 0 Å². The summed E-state index contributed by atoms with van der Waals surface area (Å²) in [6, 6.07) is 19.8. The molecule has 0 atom stereocenters. The van der Waals surface area contributed by atoms with Crippen molar-refractivity contribution in [1.82, 2.24) is 10.4 Å². The molecule has 6 nitrogen and oxygen atoms in total. The van der Waals surface area contributed by atoms with Crippen LogP contribution in [0.2, 0.25) is 0 Å². The number of furan rings is 1. The number of carbonyl (C=O) groups excluding carboxylic acids is 2. The molecule has 2 aromatic carbocycles. The SMILES string of the molecule is COc1ccc(C(=O)NN2C(=O)C(=Cc3ccc(-c4ccccc4)o3)SC2=S)cc1. The third kappa shape index (κ3) is 4.14. The first-order valence-corrected chi connectivity index (χ1v) is 10.2. The monoisotopic (exact) mass is 436 g/mol. The lowest BCUT2D eigenvalue weighted by Crippen LogP contribution is -2.44. The van der Waals surface area contributed by atoms with E-state index in [1.807, 2.05) is 36.4 Å². The number of thioether (sulfide) groups is 1. The summed E-state index contributed by atoms with van der Waals surface area (Å²) >= 11 is 6.36. The van der Waals surface area contributed by atoms with Gasteiger partial charge in [0.25, 0.3) is 11.8 Å². The van der Waals surface area contributed by atoms with Gasteiger partial charge in [-0.15, -0.1) is 0 Å². The number of rotatable bonds is 5. The van der Waals surface area contributed by atoms with Gasteiger partial charge in [0.15, 0.2) is 4.32 Å². The predicted octanol–water partition coefficient (Wildman–Crippen LogP) is 4.50. The maximum absolute atomic E-state index is 12.7. The number of methoxy groups -OCH3 is 1. The highest BCUT2D eigenvalue weighted by Gasteiger charge is 2.34. The second-order valence-corrected chi connectivity index (χ2v) is 7.93. The van der Waals surface area contributed by atoms with Gasteiger partial charge in [-0.25, -0.2) is 0 Å². The Morgan fingerprint density at radius 1 is 1.10 bits per heavy atom. The standard InChI is InChI=1S/C22H16N2O4S2/c1-27-16-9-7-15(8-10-16)20(25)23-24-21(26)19(30-22(24)29)13-17-11-12-18(28-17)14-5-3-2-4-6-14/h2-13H,1H3,(H,23,25). The summed E-state index contributed by atoms with van der Waals surface area (Å²) in [5, 5.41) is 1.07. The van der Waals surface area contributed by atoms with Gasteiger partial charge in [-0.05, 0) is 48.6 Å². The number of nitrogens with one attached hydrogen (secondary N) is 1. The molecule has 3 aromatic rings. The molecule has 2 heterocycles. The largest absolute Gasteiger partial charge is 0.497 e. The molecule has 0 unspecified atom stereocenters. The molecule has 0 bridgehead atoms. The van der Waals surface area contributed by atoms with Crippen molar-refractivity contribution in [3.05, 3.63) is 83.0 Å². The number of hydrogen-bond donors (Lipinski definition) is 1. The van der Waals surface area contributed by atoms with E-state index < -0.39 is 11.8 Å². The summed E-state index contributed by atoms with van der Waals surface area (Å²) in [5.41, 5.74) is 3.87. The van der Waals surface area contributed by atoms with Crippen molar-refractivity contribution in [2.75, 3.05) is 7.11 Å². The molecular formula is C22H16N2O4S2. The Morgan fingerprint density at radius 3 is 2.53 bits per heavy atom. The van der Waals surface area contributed by atoms with Crippen LogP contribution in [0.3, 0.4) is 0 Å². The Balaban J connectivity index is 1.48. The minimum Gasteiger partial charge on any atom is -0.497 e. The minimum absolute atomic E-state index is 0.239. The molecule has 0 aliphatic carbocycles. The maximum Gasteiger partial charge on any atom is 0.285 e. The van der Waals surface area contributed by atoms with Crippen LogP contribution in [0, 0.1) is 0 Å². The zero-order valence-electron chi connectivity index (χ0n) is 15.8. The average molecular weight is 437 g/mol. The van der Waals surface area contributed by atoms with Crippen LogP contribution in [0.1, 0.15) is 16.1 Å². The van der Waals surface area contributed by atoms with Crippen molar-refractivity contribution in [3.63, 3.8) is 0 Å². The summed E-state index contributed by atoms with van der Waals surface area (Å²) in [6.07, 6.45) is 1.62. The number of thiocarbonyl (C=S) groups is 1. The number of ether oxygens (including phenoxy) is 1. The molecular weight excluding hydrogens is 420 g/mol. The van der Waals surface area contributed by atoms with Crippen molar-refractivity contribution in [2.45, 2.75) is 0 Å². The number of carbonyl (C=O) groups is 2. The Morgan fingerprint density at radius 2 is 1.83 bits per heavy atom. The number of amides is 2. The zero-order valence-corrected chi connectivity index (χ0v) is 17.5. The van der Waals surface area contributed by atoms with Gasteiger partial charge in [-0.3, -0.25) is 15.0 Å². The molecule has 30 heavy (non-hydrogen) atoms. The molecule has 1 aliphatic heterocycles. The molecule has 1 saturated heterocycles. The van der Waals surface area contributed by atoms with Crippen LogP contribution in [-0.4, -0.2) is 28.3 Å². The lowest BCUT2D eigenvalue weighted by atomic mass is 10.2. The Kier molecular flexibility index (Phi) is 5.69. The number of benzene rings is 2. The number of nitrogens with zero attached hydrogens (tertiary/aromatic N) is 1. The number of hydrogen-bond acceptors (Lipinski definition) is 6. The Labute approximate surface area is 182 Å². The van der Waals surface area contributed by atoms with Crippen molar-refractivity contribution in [2.24, 2.45) is 0 Å². The summed E-state index contributed by atoms with van der Waals surface area (Å²) in [7, 11) is 1.54. The summed E-state index contributed by atoms with van der Waals surface area (Å²) < 4.78 is 11.1. The van der Waals surface area contributed by atoms with Gasteiger partial charge < -0.3 is 9.15 Å². The summed E-state index contributed by atoms with van der Waals surface area (Å²) in [6.45, 7) is 0. The van der Waals surface area contributed by atoms with Gasteiger partial charge in [0.2, 0.25) is 0 Å². The van der Waals surface area contributed by atoms with E-state index in [-0.39, 0.29) is 4.32 Å². The van der Waals surface area contributed by atoms with Gasteiger partial charge in [-0.2, -0.15) is 5.01 Å². The smallest absolute Gasteiger partial charge is 0.285 e. The first-order valence-electron chi connectivity index (χ1n) is 8.93. The average Bonchev–Trinajstić information content (AvgIpc) is 3.35. The first-order chi connectivity index (χ1) is 14.5. The predicted molar refractivity (Wildman–Crippen MR) is 120 cm³/mol. The molecule has 4 rings (SSSR count). The van der Waals surface area contributed by atoms with Crippen LogP contribution in [0.25, 0.3) is 17.4 Å². The third-order valence-electron chi connectivity index (χ3n) is 4.32. The Bertz CT molecular complexity index is 1140. The minimum atomic E-state index is -0.445. The molecule has 1 fully saturated rings. The van der Waals surface area contributed by atoms with Gasteiger partial charge in [0.05, 0.1) is 12.0 Å². The van der Waals surface area contributed by atoms with E-state index in [0.29, 0.717) is 27.7 Å². The highest BCUT2D eigenvalue weighted by molar-refractivity contribution is 8.26. The molecule has 0 saturated carbocycles. The van der Waals surface area contributed by atoms with E-state index in [9.17, 15) is 9.59 Å². The van der Waals surface area contributed by atoms with Crippen LogP contribution < -0.4 is 10.2 Å².